The van der Waals surface area contributed by atoms with E-state index in [4.69, 9.17) is 16.3 Å². The molecule has 0 saturated carbocycles. The van der Waals surface area contributed by atoms with Crippen LogP contribution in [0.2, 0.25) is 5.02 Å². The van der Waals surface area contributed by atoms with Gasteiger partial charge in [-0.25, -0.2) is 14.5 Å². The van der Waals surface area contributed by atoms with Crippen molar-refractivity contribution in [1.29, 1.82) is 0 Å². The molecule has 3 rings (SSSR count). The Labute approximate surface area is 158 Å². The second-order valence-corrected chi connectivity index (χ2v) is 6.77. The van der Waals surface area contributed by atoms with E-state index in [1.165, 1.54) is 0 Å². The fraction of sp³-hybridized carbons (Fsp3) is 0.167. The molecule has 0 saturated heterocycles. The van der Waals surface area contributed by atoms with Gasteiger partial charge in [0.15, 0.2) is 11.5 Å². The maximum absolute atomic E-state index is 12.4. The van der Waals surface area contributed by atoms with Crippen LogP contribution in [-0.4, -0.2) is 20.7 Å². The Balaban J connectivity index is 1.84. The van der Waals surface area contributed by atoms with Crippen molar-refractivity contribution in [1.82, 2.24) is 14.8 Å². The summed E-state index contributed by atoms with van der Waals surface area (Å²) in [6.07, 6.45) is 0. The van der Waals surface area contributed by atoms with Crippen LogP contribution in [0, 0.1) is 13.8 Å². The van der Waals surface area contributed by atoms with Gasteiger partial charge in [-0.15, -0.1) is 0 Å². The third-order valence-corrected chi connectivity index (χ3v) is 4.65. The van der Waals surface area contributed by atoms with Gasteiger partial charge >= 0.3 is 5.97 Å². The summed E-state index contributed by atoms with van der Waals surface area (Å²) in [6.45, 7) is 3.94. The number of benzene rings is 1. The zero-order valence-corrected chi connectivity index (χ0v) is 16.0. The summed E-state index contributed by atoms with van der Waals surface area (Å²) < 4.78 is 7.89. The molecule has 7 heteroatoms. The van der Waals surface area contributed by atoms with Crippen molar-refractivity contribution in [2.75, 3.05) is 0 Å². The van der Waals surface area contributed by atoms with E-state index >= 15 is 0 Å². The molecule has 0 aliphatic carbocycles. The van der Waals surface area contributed by atoms with Crippen LogP contribution in [-0.2, 0) is 11.3 Å². The number of hydrogen-bond acceptors (Lipinski definition) is 4. The molecule has 0 amide bonds. The molecule has 0 unspecified atom stereocenters. The monoisotopic (exact) mass is 419 g/mol. The molecule has 2 aromatic heterocycles. The highest BCUT2D eigenvalue weighted by atomic mass is 79.9. The molecule has 128 valence electrons. The van der Waals surface area contributed by atoms with Crippen LogP contribution in [0.25, 0.3) is 5.82 Å². The van der Waals surface area contributed by atoms with Gasteiger partial charge in [0, 0.05) is 15.7 Å². The average molecular weight is 421 g/mol. The minimum absolute atomic E-state index is 0.0683. The quantitative estimate of drug-likeness (QED) is 0.576. The van der Waals surface area contributed by atoms with Crippen LogP contribution in [0.1, 0.15) is 27.4 Å². The lowest BCUT2D eigenvalue weighted by molar-refractivity contribution is 0.0465. The minimum atomic E-state index is -0.580. The van der Waals surface area contributed by atoms with E-state index in [0.29, 0.717) is 5.82 Å². The first-order valence-corrected chi connectivity index (χ1v) is 8.73. The van der Waals surface area contributed by atoms with Gasteiger partial charge in [-0.2, -0.15) is 5.10 Å². The topological polar surface area (TPSA) is 57.0 Å². The molecule has 0 bridgehead atoms. The molecule has 0 aliphatic rings. The lowest BCUT2D eigenvalue weighted by Gasteiger charge is -2.09. The maximum Gasteiger partial charge on any atom is 0.358 e. The first kappa shape index (κ1) is 17.6. The molecule has 5 nitrogen and oxygen atoms in total. The van der Waals surface area contributed by atoms with Gasteiger partial charge in [0.2, 0.25) is 0 Å². The van der Waals surface area contributed by atoms with Crippen LogP contribution >= 0.6 is 27.5 Å². The van der Waals surface area contributed by atoms with Gasteiger partial charge in [0.1, 0.15) is 6.61 Å². The second kappa shape index (κ2) is 7.37. The average Bonchev–Trinajstić information content (AvgIpc) is 2.92. The third kappa shape index (κ3) is 3.91. The smallest absolute Gasteiger partial charge is 0.358 e. The van der Waals surface area contributed by atoms with E-state index in [1.54, 1.807) is 16.8 Å². The second-order valence-electron chi connectivity index (χ2n) is 5.51. The van der Waals surface area contributed by atoms with Crippen molar-refractivity contribution in [3.8, 4) is 5.82 Å². The summed E-state index contributed by atoms with van der Waals surface area (Å²) >= 11 is 9.56. The molecule has 0 atom stereocenters. The zero-order chi connectivity index (χ0) is 18.0. The number of aromatic nitrogens is 3. The molecule has 1 aromatic carbocycles. The van der Waals surface area contributed by atoms with Crippen LogP contribution < -0.4 is 0 Å². The minimum Gasteiger partial charge on any atom is -0.456 e. The van der Waals surface area contributed by atoms with Crippen molar-refractivity contribution in [2.24, 2.45) is 0 Å². The molecule has 0 spiro atoms. The van der Waals surface area contributed by atoms with Crippen molar-refractivity contribution < 1.29 is 9.53 Å². The third-order valence-electron chi connectivity index (χ3n) is 3.57. The van der Waals surface area contributed by atoms with Crippen LogP contribution in [0.3, 0.4) is 0 Å². The first-order valence-electron chi connectivity index (χ1n) is 7.56. The molecule has 25 heavy (non-hydrogen) atoms. The Bertz CT molecular complexity index is 940. The first-order chi connectivity index (χ1) is 12.0. The standard InChI is InChI=1S/C18H15BrClN3O2/c1-11-9-12(2)23(22-11)16-8-7-15(20)17(21-16)18(24)25-10-13-5-3-4-6-14(13)19/h3-9H,10H2,1-2H3. The lowest BCUT2D eigenvalue weighted by atomic mass is 10.2. The Hall–Kier alpha value is -2.18. The van der Waals surface area contributed by atoms with Crippen molar-refractivity contribution in [2.45, 2.75) is 20.5 Å². The maximum atomic E-state index is 12.4. The van der Waals surface area contributed by atoms with Crippen LogP contribution in [0.5, 0.6) is 0 Å². The van der Waals surface area contributed by atoms with Crippen molar-refractivity contribution in [3.63, 3.8) is 0 Å². The van der Waals surface area contributed by atoms with E-state index in [2.05, 4.69) is 26.0 Å². The van der Waals surface area contributed by atoms with E-state index in [-0.39, 0.29) is 17.3 Å². The van der Waals surface area contributed by atoms with Crippen molar-refractivity contribution in [3.05, 3.63) is 74.6 Å². The summed E-state index contributed by atoms with van der Waals surface area (Å²) in [5.74, 6) is -0.0630. The number of nitrogens with zero attached hydrogens (tertiary/aromatic N) is 3. The Kier molecular flexibility index (Phi) is 5.20. The summed E-state index contributed by atoms with van der Waals surface area (Å²) in [5, 5.41) is 4.61. The number of ether oxygens (including phenoxy) is 1. The molecule has 0 radical (unpaired) electrons. The normalized spacial score (nSPS) is 10.7. The van der Waals surface area contributed by atoms with Gasteiger partial charge in [0.25, 0.3) is 0 Å². The molecule has 0 aliphatic heterocycles. The highest BCUT2D eigenvalue weighted by molar-refractivity contribution is 9.10. The number of halogens is 2. The lowest BCUT2D eigenvalue weighted by Crippen LogP contribution is -2.11. The summed E-state index contributed by atoms with van der Waals surface area (Å²) in [6, 6.07) is 12.8. The molecule has 3 aromatic rings. The summed E-state index contributed by atoms with van der Waals surface area (Å²) in [4.78, 5) is 16.7. The highest BCUT2D eigenvalue weighted by Gasteiger charge is 2.17. The van der Waals surface area contributed by atoms with Gasteiger partial charge in [-0.3, -0.25) is 0 Å². The summed E-state index contributed by atoms with van der Waals surface area (Å²) in [5.41, 5.74) is 2.72. The van der Waals surface area contributed by atoms with Gasteiger partial charge < -0.3 is 4.74 Å². The van der Waals surface area contributed by atoms with E-state index in [0.717, 1.165) is 21.4 Å². The van der Waals surface area contributed by atoms with Crippen LogP contribution in [0.4, 0.5) is 0 Å². The fourth-order valence-corrected chi connectivity index (χ4v) is 2.96. The van der Waals surface area contributed by atoms with E-state index in [9.17, 15) is 4.79 Å². The number of carbonyl (C=O) groups is 1. The predicted octanol–water partition coefficient (Wildman–Crippen LogP) is 4.66. The van der Waals surface area contributed by atoms with Crippen LogP contribution in [0.15, 0.2) is 46.9 Å². The van der Waals surface area contributed by atoms with Crippen molar-refractivity contribution >= 4 is 33.5 Å². The zero-order valence-electron chi connectivity index (χ0n) is 13.7. The number of hydrogen-bond donors (Lipinski definition) is 0. The predicted molar refractivity (Wildman–Crippen MR) is 99.1 cm³/mol. The molecule has 0 N–H and O–H groups in total. The number of esters is 1. The largest absolute Gasteiger partial charge is 0.456 e. The number of pyridine rings is 1. The van der Waals surface area contributed by atoms with Gasteiger partial charge in [0.05, 0.1) is 10.7 Å². The van der Waals surface area contributed by atoms with Gasteiger partial charge in [-0.05, 0) is 38.1 Å². The Morgan fingerprint density at radius 3 is 2.68 bits per heavy atom. The highest BCUT2D eigenvalue weighted by Crippen LogP contribution is 2.21. The molecular weight excluding hydrogens is 406 g/mol. The Morgan fingerprint density at radius 2 is 2.00 bits per heavy atom. The van der Waals surface area contributed by atoms with E-state index < -0.39 is 5.97 Å². The molecule has 2 heterocycles. The SMILES string of the molecule is Cc1cc(C)n(-c2ccc(Cl)c(C(=O)OCc3ccccc3Br)n2)n1. The number of aryl methyl sites for hydroxylation is 2. The number of rotatable bonds is 4. The fourth-order valence-electron chi connectivity index (χ4n) is 2.38. The molecule has 0 fully saturated rings. The summed E-state index contributed by atoms with van der Waals surface area (Å²) in [7, 11) is 0. The number of carbonyl (C=O) groups excluding carboxylic acids is 1. The van der Waals surface area contributed by atoms with E-state index in [1.807, 2.05) is 44.2 Å². The van der Waals surface area contributed by atoms with Gasteiger partial charge in [-0.1, -0.05) is 45.7 Å². The Morgan fingerprint density at radius 1 is 1.24 bits per heavy atom. The molecular formula is C18H15BrClN3O2.